The van der Waals surface area contributed by atoms with Crippen molar-refractivity contribution in [3.05, 3.63) is 52.3 Å². The van der Waals surface area contributed by atoms with Gasteiger partial charge in [0.05, 0.1) is 24.1 Å². The Hall–Kier alpha value is -3.03. The minimum Gasteiger partial charge on any atom is -0.367 e. The van der Waals surface area contributed by atoms with E-state index in [-0.39, 0.29) is 5.56 Å². The molecule has 0 aromatic carbocycles. The smallest absolute Gasteiger partial charge is 0.269 e. The van der Waals surface area contributed by atoms with Gasteiger partial charge in [-0.2, -0.15) is 5.10 Å². The first-order valence-electron chi connectivity index (χ1n) is 9.18. The molecule has 140 valence electrons. The molecule has 0 unspecified atom stereocenters. The van der Waals surface area contributed by atoms with Crippen LogP contribution in [-0.4, -0.2) is 42.3 Å². The van der Waals surface area contributed by atoms with Crippen LogP contribution in [0.1, 0.15) is 31.2 Å². The molecule has 1 saturated heterocycles. The predicted octanol–water partition coefficient (Wildman–Crippen LogP) is 1.78. The SMILES string of the molecule is Cc1ccc(-c2nnn(C)c2Cn2ncc(N3CCC[C@H]3C)cc2=O)cn1. The summed E-state index contributed by atoms with van der Waals surface area (Å²) in [4.78, 5) is 19.2. The summed E-state index contributed by atoms with van der Waals surface area (Å²) in [5.41, 5.74) is 4.12. The van der Waals surface area contributed by atoms with Crippen molar-refractivity contribution in [2.75, 3.05) is 11.4 Å². The van der Waals surface area contributed by atoms with Crippen molar-refractivity contribution in [3.8, 4) is 11.3 Å². The van der Waals surface area contributed by atoms with Gasteiger partial charge >= 0.3 is 0 Å². The predicted molar refractivity (Wildman–Crippen MR) is 103 cm³/mol. The minimum atomic E-state index is -0.124. The summed E-state index contributed by atoms with van der Waals surface area (Å²) >= 11 is 0. The Bertz CT molecular complexity index is 1010. The Morgan fingerprint density at radius 1 is 1.26 bits per heavy atom. The van der Waals surface area contributed by atoms with Crippen LogP contribution in [0.25, 0.3) is 11.3 Å². The van der Waals surface area contributed by atoms with Gasteiger partial charge in [-0.15, -0.1) is 5.10 Å². The van der Waals surface area contributed by atoms with E-state index >= 15 is 0 Å². The molecule has 0 N–H and O–H groups in total. The molecular weight excluding hydrogens is 342 g/mol. The van der Waals surface area contributed by atoms with Crippen LogP contribution in [0.4, 0.5) is 5.69 Å². The van der Waals surface area contributed by atoms with Gasteiger partial charge in [0.2, 0.25) is 0 Å². The van der Waals surface area contributed by atoms with Crippen molar-refractivity contribution >= 4 is 5.69 Å². The second-order valence-corrected chi connectivity index (χ2v) is 7.09. The lowest BCUT2D eigenvalue weighted by molar-refractivity contribution is 0.585. The van der Waals surface area contributed by atoms with E-state index in [0.29, 0.717) is 12.6 Å². The van der Waals surface area contributed by atoms with Crippen molar-refractivity contribution in [2.24, 2.45) is 7.05 Å². The monoisotopic (exact) mass is 365 g/mol. The highest BCUT2D eigenvalue weighted by Gasteiger charge is 2.22. The van der Waals surface area contributed by atoms with Gasteiger partial charge in [-0.1, -0.05) is 5.21 Å². The highest BCUT2D eigenvalue weighted by molar-refractivity contribution is 5.60. The summed E-state index contributed by atoms with van der Waals surface area (Å²) in [5, 5.41) is 12.8. The first-order valence-corrected chi connectivity index (χ1v) is 9.18. The maximum Gasteiger partial charge on any atom is 0.269 e. The topological polar surface area (TPSA) is 81.7 Å². The van der Waals surface area contributed by atoms with Gasteiger partial charge in [-0.25, -0.2) is 9.36 Å². The van der Waals surface area contributed by atoms with Crippen LogP contribution in [0, 0.1) is 6.92 Å². The summed E-state index contributed by atoms with van der Waals surface area (Å²) in [6.07, 6.45) is 5.85. The Morgan fingerprint density at radius 3 is 2.78 bits per heavy atom. The van der Waals surface area contributed by atoms with Crippen molar-refractivity contribution in [2.45, 2.75) is 39.3 Å². The van der Waals surface area contributed by atoms with Crippen molar-refractivity contribution in [3.63, 3.8) is 0 Å². The maximum absolute atomic E-state index is 12.6. The number of anilines is 1. The highest BCUT2D eigenvalue weighted by Crippen LogP contribution is 2.24. The molecule has 1 aliphatic heterocycles. The third kappa shape index (κ3) is 3.34. The number of nitrogens with zero attached hydrogens (tertiary/aromatic N) is 7. The first kappa shape index (κ1) is 17.4. The first-order chi connectivity index (χ1) is 13.0. The molecule has 1 aliphatic rings. The Kier molecular flexibility index (Phi) is 4.47. The molecule has 8 nitrogen and oxygen atoms in total. The second-order valence-electron chi connectivity index (χ2n) is 7.09. The molecule has 3 aromatic rings. The lowest BCUT2D eigenvalue weighted by Crippen LogP contribution is -2.30. The molecular formula is C19H23N7O. The van der Waals surface area contributed by atoms with Crippen molar-refractivity contribution in [1.82, 2.24) is 29.8 Å². The number of hydrogen-bond donors (Lipinski definition) is 0. The van der Waals surface area contributed by atoms with Crippen LogP contribution in [0.5, 0.6) is 0 Å². The van der Waals surface area contributed by atoms with E-state index in [1.165, 1.54) is 4.68 Å². The zero-order valence-corrected chi connectivity index (χ0v) is 15.8. The van der Waals surface area contributed by atoms with E-state index in [1.807, 2.05) is 26.1 Å². The molecule has 8 heteroatoms. The minimum absolute atomic E-state index is 0.124. The molecule has 0 bridgehead atoms. The summed E-state index contributed by atoms with van der Waals surface area (Å²) < 4.78 is 3.13. The lowest BCUT2D eigenvalue weighted by atomic mass is 10.1. The highest BCUT2D eigenvalue weighted by atomic mass is 16.1. The zero-order chi connectivity index (χ0) is 19.0. The largest absolute Gasteiger partial charge is 0.367 e. The molecule has 0 aliphatic carbocycles. The van der Waals surface area contributed by atoms with Gasteiger partial charge in [-0.05, 0) is 38.8 Å². The molecule has 3 aromatic heterocycles. The number of aryl methyl sites for hydroxylation is 2. The molecule has 27 heavy (non-hydrogen) atoms. The fourth-order valence-corrected chi connectivity index (χ4v) is 3.54. The van der Waals surface area contributed by atoms with Crippen LogP contribution < -0.4 is 10.5 Å². The fraction of sp³-hybridized carbons (Fsp3) is 0.421. The van der Waals surface area contributed by atoms with E-state index in [0.717, 1.165) is 47.7 Å². The normalized spacial score (nSPS) is 16.9. The Morgan fingerprint density at radius 2 is 2.11 bits per heavy atom. The molecule has 4 rings (SSSR count). The molecule has 1 fully saturated rings. The van der Waals surface area contributed by atoms with Gasteiger partial charge in [0, 0.05) is 43.2 Å². The summed E-state index contributed by atoms with van der Waals surface area (Å²) in [6.45, 7) is 5.40. The van der Waals surface area contributed by atoms with Crippen molar-refractivity contribution in [1.29, 1.82) is 0 Å². The Labute approximate surface area is 157 Å². The Balaban J connectivity index is 1.64. The van der Waals surface area contributed by atoms with E-state index < -0.39 is 0 Å². The second kappa shape index (κ2) is 6.94. The number of hydrogen-bond acceptors (Lipinski definition) is 6. The quantitative estimate of drug-likeness (QED) is 0.701. The van der Waals surface area contributed by atoms with Gasteiger partial charge in [0.15, 0.2) is 0 Å². The van der Waals surface area contributed by atoms with Crippen LogP contribution in [0.2, 0.25) is 0 Å². The fourth-order valence-electron chi connectivity index (χ4n) is 3.54. The molecule has 0 amide bonds. The van der Waals surface area contributed by atoms with Gasteiger partial charge in [0.25, 0.3) is 5.56 Å². The number of pyridine rings is 1. The average molecular weight is 365 g/mol. The van der Waals surface area contributed by atoms with Gasteiger partial charge in [0.1, 0.15) is 5.69 Å². The van der Waals surface area contributed by atoms with Crippen LogP contribution in [0.3, 0.4) is 0 Å². The van der Waals surface area contributed by atoms with Crippen molar-refractivity contribution < 1.29 is 0 Å². The van der Waals surface area contributed by atoms with E-state index in [4.69, 9.17) is 0 Å². The molecule has 1 atom stereocenters. The van der Waals surface area contributed by atoms with E-state index in [1.54, 1.807) is 23.1 Å². The molecule has 4 heterocycles. The van der Waals surface area contributed by atoms with Crippen LogP contribution in [-0.2, 0) is 13.6 Å². The summed E-state index contributed by atoms with van der Waals surface area (Å²) in [6, 6.07) is 6.02. The molecule has 0 radical (unpaired) electrons. The summed E-state index contributed by atoms with van der Waals surface area (Å²) in [7, 11) is 1.82. The van der Waals surface area contributed by atoms with E-state index in [2.05, 4.69) is 32.2 Å². The van der Waals surface area contributed by atoms with Gasteiger partial charge < -0.3 is 4.90 Å². The van der Waals surface area contributed by atoms with Crippen LogP contribution in [0.15, 0.2) is 35.4 Å². The average Bonchev–Trinajstić information content (AvgIpc) is 3.24. The van der Waals surface area contributed by atoms with Crippen LogP contribution >= 0.6 is 0 Å². The third-order valence-electron chi connectivity index (χ3n) is 5.17. The zero-order valence-electron chi connectivity index (χ0n) is 15.8. The number of aromatic nitrogens is 6. The maximum atomic E-state index is 12.6. The molecule has 0 saturated carbocycles. The van der Waals surface area contributed by atoms with E-state index in [9.17, 15) is 4.79 Å². The van der Waals surface area contributed by atoms with Gasteiger partial charge in [-0.3, -0.25) is 9.78 Å². The summed E-state index contributed by atoms with van der Waals surface area (Å²) in [5.74, 6) is 0. The lowest BCUT2D eigenvalue weighted by Gasteiger charge is -2.23. The number of rotatable bonds is 4. The molecule has 0 spiro atoms. The third-order valence-corrected chi connectivity index (χ3v) is 5.17. The standard InChI is InChI=1S/C19H23N7O/c1-13-6-7-15(10-20-13)19-17(24(3)23-22-19)12-26-18(27)9-16(11-21-26)25-8-4-5-14(25)2/h6-7,9-11,14H,4-5,8,12H2,1-3H3/t14-/m1/s1.